The van der Waals surface area contributed by atoms with Gasteiger partial charge >= 0.3 is 0 Å². The van der Waals surface area contributed by atoms with Crippen LogP contribution in [0.2, 0.25) is 0 Å². The molecule has 0 saturated heterocycles. The number of anilines is 1. The number of thioether (sulfide) groups is 2. The maximum atomic E-state index is 12.6. The Morgan fingerprint density at radius 3 is 2.64 bits per heavy atom. The predicted molar refractivity (Wildman–Crippen MR) is 140 cm³/mol. The number of aryl methyl sites for hydroxylation is 1. The van der Waals surface area contributed by atoms with Gasteiger partial charge in [0.2, 0.25) is 5.91 Å². The lowest BCUT2D eigenvalue weighted by atomic mass is 10.1. The summed E-state index contributed by atoms with van der Waals surface area (Å²) in [6.45, 7) is 6.57. The SMILES string of the molecule is C=CCn1c(CSCc2ccc(C)cc2)nnc1SCC(=O)Nc1cccc2ccccc12. The number of amides is 1. The van der Waals surface area contributed by atoms with Crippen LogP contribution in [0.4, 0.5) is 5.69 Å². The number of fused-ring (bicyclic) bond motifs is 1. The molecule has 0 bridgehead atoms. The molecule has 0 aliphatic rings. The van der Waals surface area contributed by atoms with E-state index >= 15 is 0 Å². The molecule has 4 rings (SSSR count). The number of carbonyl (C=O) groups excluding carboxylic acids is 1. The number of aromatic nitrogens is 3. The van der Waals surface area contributed by atoms with Gasteiger partial charge in [0.05, 0.1) is 11.5 Å². The number of nitrogens with one attached hydrogen (secondary N) is 1. The Kier molecular flexibility index (Phi) is 7.86. The third-order valence-corrected chi connectivity index (χ3v) is 7.09. The van der Waals surface area contributed by atoms with Crippen LogP contribution in [-0.2, 0) is 22.8 Å². The number of benzene rings is 3. The van der Waals surface area contributed by atoms with E-state index in [-0.39, 0.29) is 11.7 Å². The van der Waals surface area contributed by atoms with Crippen molar-refractivity contribution in [2.45, 2.75) is 30.1 Å². The Hall–Kier alpha value is -3.03. The molecular formula is C26H26N4OS2. The first-order valence-corrected chi connectivity index (χ1v) is 12.8. The van der Waals surface area contributed by atoms with Gasteiger partial charge in [0.25, 0.3) is 0 Å². The molecule has 0 fully saturated rings. The second-order valence-corrected chi connectivity index (χ2v) is 9.57. The van der Waals surface area contributed by atoms with Crippen molar-refractivity contribution < 1.29 is 4.79 Å². The second-order valence-electron chi connectivity index (χ2n) is 7.64. The van der Waals surface area contributed by atoms with E-state index < -0.39 is 0 Å². The lowest BCUT2D eigenvalue weighted by Crippen LogP contribution is -2.15. The van der Waals surface area contributed by atoms with E-state index in [2.05, 4.69) is 53.3 Å². The number of hydrogen-bond acceptors (Lipinski definition) is 5. The van der Waals surface area contributed by atoms with Gasteiger partial charge < -0.3 is 9.88 Å². The first kappa shape index (κ1) is 23.1. The highest BCUT2D eigenvalue weighted by Gasteiger charge is 2.14. The summed E-state index contributed by atoms with van der Waals surface area (Å²) in [6.07, 6.45) is 1.83. The van der Waals surface area contributed by atoms with Gasteiger partial charge in [-0.3, -0.25) is 4.79 Å². The third-order valence-electron chi connectivity index (χ3n) is 5.12. The molecule has 5 nitrogen and oxygen atoms in total. The molecule has 3 aromatic carbocycles. The first-order valence-electron chi connectivity index (χ1n) is 10.7. The summed E-state index contributed by atoms with van der Waals surface area (Å²) in [5.74, 6) is 2.74. The average Bonchev–Trinajstić information content (AvgIpc) is 3.21. The Balaban J connectivity index is 1.36. The number of allylic oxidation sites excluding steroid dienone is 1. The molecule has 0 unspecified atom stereocenters. The maximum absolute atomic E-state index is 12.6. The fourth-order valence-corrected chi connectivity index (χ4v) is 5.13. The summed E-state index contributed by atoms with van der Waals surface area (Å²) in [7, 11) is 0. The van der Waals surface area contributed by atoms with Crippen LogP contribution in [0.1, 0.15) is 17.0 Å². The van der Waals surface area contributed by atoms with Crippen molar-refractivity contribution >= 4 is 45.9 Å². The Bertz CT molecular complexity index is 1250. The van der Waals surface area contributed by atoms with E-state index in [1.807, 2.05) is 53.1 Å². The number of rotatable bonds is 10. The normalized spacial score (nSPS) is 10.9. The van der Waals surface area contributed by atoms with E-state index in [1.165, 1.54) is 22.9 Å². The zero-order valence-corrected chi connectivity index (χ0v) is 20.2. The first-order chi connectivity index (χ1) is 16.1. The van der Waals surface area contributed by atoms with Crippen LogP contribution in [0.5, 0.6) is 0 Å². The van der Waals surface area contributed by atoms with E-state index in [0.717, 1.165) is 38.9 Å². The molecule has 0 spiro atoms. The lowest BCUT2D eigenvalue weighted by molar-refractivity contribution is -0.113. The summed E-state index contributed by atoms with van der Waals surface area (Å²) in [5, 5.41) is 14.6. The minimum Gasteiger partial charge on any atom is -0.325 e. The molecule has 0 atom stereocenters. The maximum Gasteiger partial charge on any atom is 0.234 e. The number of hydrogen-bond donors (Lipinski definition) is 1. The van der Waals surface area contributed by atoms with E-state index in [9.17, 15) is 4.79 Å². The highest BCUT2D eigenvalue weighted by Crippen LogP contribution is 2.25. The monoisotopic (exact) mass is 474 g/mol. The van der Waals surface area contributed by atoms with Crippen LogP contribution in [0.25, 0.3) is 10.8 Å². The van der Waals surface area contributed by atoms with Gasteiger partial charge in [-0.15, -0.1) is 28.5 Å². The Morgan fingerprint density at radius 1 is 1.03 bits per heavy atom. The summed E-state index contributed by atoms with van der Waals surface area (Å²) >= 11 is 3.19. The largest absolute Gasteiger partial charge is 0.325 e. The summed E-state index contributed by atoms with van der Waals surface area (Å²) in [6, 6.07) is 22.5. The highest BCUT2D eigenvalue weighted by molar-refractivity contribution is 7.99. The Morgan fingerprint density at radius 2 is 1.82 bits per heavy atom. The molecule has 1 N–H and O–H groups in total. The molecule has 1 heterocycles. The summed E-state index contributed by atoms with van der Waals surface area (Å²) in [4.78, 5) is 12.6. The highest BCUT2D eigenvalue weighted by atomic mass is 32.2. The molecule has 0 radical (unpaired) electrons. The molecule has 0 aliphatic carbocycles. The fraction of sp³-hybridized carbons (Fsp3) is 0.192. The van der Waals surface area contributed by atoms with Gasteiger partial charge in [-0.2, -0.15) is 0 Å². The van der Waals surface area contributed by atoms with E-state index in [1.54, 1.807) is 11.8 Å². The topological polar surface area (TPSA) is 59.8 Å². The molecule has 0 saturated carbocycles. The van der Waals surface area contributed by atoms with Crippen molar-refractivity contribution in [1.29, 1.82) is 0 Å². The van der Waals surface area contributed by atoms with Crippen molar-refractivity contribution in [1.82, 2.24) is 14.8 Å². The van der Waals surface area contributed by atoms with Crippen LogP contribution in [0.15, 0.2) is 84.5 Å². The van der Waals surface area contributed by atoms with Gasteiger partial charge in [0.1, 0.15) is 5.82 Å². The fourth-order valence-electron chi connectivity index (χ4n) is 3.44. The van der Waals surface area contributed by atoms with Gasteiger partial charge in [-0.25, -0.2) is 0 Å². The molecule has 0 aliphatic heterocycles. The van der Waals surface area contributed by atoms with Gasteiger partial charge in [0, 0.05) is 23.4 Å². The van der Waals surface area contributed by atoms with Crippen LogP contribution >= 0.6 is 23.5 Å². The standard InChI is InChI=1S/C26H26N4OS2/c1-3-15-30-24(17-32-16-20-13-11-19(2)12-14-20)28-29-26(30)33-18-25(31)27-23-10-6-8-21-7-4-5-9-22(21)23/h3-14H,1,15-18H2,2H3,(H,27,31). The van der Waals surface area contributed by atoms with Crippen LogP contribution in [0, 0.1) is 6.92 Å². The number of carbonyl (C=O) groups is 1. The molecule has 33 heavy (non-hydrogen) atoms. The smallest absolute Gasteiger partial charge is 0.234 e. The average molecular weight is 475 g/mol. The third kappa shape index (κ3) is 6.06. The molecular weight excluding hydrogens is 448 g/mol. The van der Waals surface area contributed by atoms with E-state index in [4.69, 9.17) is 0 Å². The molecule has 1 aromatic heterocycles. The van der Waals surface area contributed by atoms with Crippen molar-refractivity contribution in [3.63, 3.8) is 0 Å². The second kappa shape index (κ2) is 11.2. The minimum atomic E-state index is -0.0696. The molecule has 1 amide bonds. The summed E-state index contributed by atoms with van der Waals surface area (Å²) in [5.41, 5.74) is 3.38. The van der Waals surface area contributed by atoms with Crippen molar-refractivity contribution in [3.8, 4) is 0 Å². The lowest BCUT2D eigenvalue weighted by Gasteiger charge is -2.10. The zero-order chi connectivity index (χ0) is 23.0. The van der Waals surface area contributed by atoms with Gasteiger partial charge in [-0.05, 0) is 23.9 Å². The van der Waals surface area contributed by atoms with Crippen LogP contribution in [-0.4, -0.2) is 26.4 Å². The van der Waals surface area contributed by atoms with Crippen molar-refractivity contribution in [2.75, 3.05) is 11.1 Å². The van der Waals surface area contributed by atoms with Gasteiger partial charge in [-0.1, -0.05) is 84.1 Å². The van der Waals surface area contributed by atoms with Crippen LogP contribution in [0.3, 0.4) is 0 Å². The van der Waals surface area contributed by atoms with Crippen molar-refractivity contribution in [3.05, 3.63) is 96.3 Å². The van der Waals surface area contributed by atoms with Crippen LogP contribution < -0.4 is 5.32 Å². The molecule has 7 heteroatoms. The predicted octanol–water partition coefficient (Wildman–Crippen LogP) is 6.09. The molecule has 4 aromatic rings. The quantitative estimate of drug-likeness (QED) is 0.223. The zero-order valence-electron chi connectivity index (χ0n) is 18.5. The van der Waals surface area contributed by atoms with Crippen molar-refractivity contribution in [2.24, 2.45) is 0 Å². The summed E-state index contributed by atoms with van der Waals surface area (Å²) < 4.78 is 2.03. The number of nitrogens with zero attached hydrogens (tertiary/aromatic N) is 3. The van der Waals surface area contributed by atoms with E-state index in [0.29, 0.717) is 6.54 Å². The Labute approximate surface area is 202 Å². The van der Waals surface area contributed by atoms with Gasteiger partial charge in [0.15, 0.2) is 5.16 Å². The minimum absolute atomic E-state index is 0.0696. The molecule has 168 valence electrons.